The molecule has 2 aromatic rings. The lowest BCUT2D eigenvalue weighted by atomic mass is 10.1. The highest BCUT2D eigenvalue weighted by atomic mass is 32.1. The summed E-state index contributed by atoms with van der Waals surface area (Å²) in [6.07, 6.45) is 9.35. The molecule has 10 heteroatoms. The van der Waals surface area contributed by atoms with Crippen molar-refractivity contribution in [1.82, 2.24) is 15.0 Å². The van der Waals surface area contributed by atoms with Gasteiger partial charge in [0.05, 0.1) is 5.69 Å². The van der Waals surface area contributed by atoms with Crippen molar-refractivity contribution in [3.05, 3.63) is 74.3 Å². The van der Waals surface area contributed by atoms with E-state index in [4.69, 9.17) is 12.2 Å². The number of H-pyrrole nitrogens is 1. The summed E-state index contributed by atoms with van der Waals surface area (Å²) in [6.45, 7) is 0. The van der Waals surface area contributed by atoms with Gasteiger partial charge in [-0.1, -0.05) is 12.2 Å². The first-order chi connectivity index (χ1) is 12.0. The van der Waals surface area contributed by atoms with Gasteiger partial charge in [0.25, 0.3) is 5.91 Å². The number of aromatic amines is 1. The topological polar surface area (TPSA) is 114 Å². The van der Waals surface area contributed by atoms with Crippen LogP contribution in [0.15, 0.2) is 48.0 Å². The number of amides is 1. The number of nitro groups is 1. The van der Waals surface area contributed by atoms with Gasteiger partial charge in [-0.05, 0) is 36.5 Å². The number of hydrogen-bond acceptors (Lipinski definition) is 7. The Labute approximate surface area is 150 Å². The fourth-order valence-electron chi connectivity index (χ4n) is 2.08. The third-order valence-corrected chi connectivity index (χ3v) is 4.12. The van der Waals surface area contributed by atoms with E-state index < -0.39 is 16.9 Å². The lowest BCUT2D eigenvalue weighted by Gasteiger charge is -2.05. The number of rotatable bonds is 4. The zero-order valence-electron chi connectivity index (χ0n) is 12.6. The van der Waals surface area contributed by atoms with Gasteiger partial charge in [-0.15, -0.1) is 11.3 Å². The second kappa shape index (κ2) is 7.28. The maximum absolute atomic E-state index is 12.3. The van der Waals surface area contributed by atoms with Gasteiger partial charge in [-0.25, -0.2) is 9.97 Å². The molecule has 0 saturated heterocycles. The first kappa shape index (κ1) is 16.9. The van der Waals surface area contributed by atoms with Crippen molar-refractivity contribution in [2.24, 2.45) is 0 Å². The summed E-state index contributed by atoms with van der Waals surface area (Å²) in [4.78, 5) is 33.7. The van der Waals surface area contributed by atoms with Crippen molar-refractivity contribution in [3.8, 4) is 0 Å². The van der Waals surface area contributed by atoms with Crippen molar-refractivity contribution < 1.29 is 9.72 Å². The van der Waals surface area contributed by atoms with E-state index in [0.29, 0.717) is 16.4 Å². The second-order valence-electron chi connectivity index (χ2n) is 4.92. The third-order valence-electron chi connectivity index (χ3n) is 3.24. The van der Waals surface area contributed by atoms with E-state index in [1.54, 1.807) is 29.8 Å². The van der Waals surface area contributed by atoms with E-state index >= 15 is 0 Å². The van der Waals surface area contributed by atoms with Gasteiger partial charge in [-0.3, -0.25) is 20.2 Å². The molecule has 25 heavy (non-hydrogen) atoms. The highest BCUT2D eigenvalue weighted by molar-refractivity contribution is 7.71. The largest absolute Gasteiger partial charge is 0.326 e. The Morgan fingerprint density at radius 3 is 3.00 bits per heavy atom. The minimum absolute atomic E-state index is 0.134. The van der Waals surface area contributed by atoms with Crippen molar-refractivity contribution >= 4 is 40.2 Å². The van der Waals surface area contributed by atoms with Crippen molar-refractivity contribution in [1.29, 1.82) is 0 Å². The van der Waals surface area contributed by atoms with Gasteiger partial charge in [0.1, 0.15) is 5.69 Å². The SMILES string of the molecule is O=C(Nc1nccs1)c1cc(C2=CC=C[C@H]([N+](=O)[O-])C=C2)nc(=S)[nH]1. The van der Waals surface area contributed by atoms with E-state index in [1.807, 2.05) is 0 Å². The van der Waals surface area contributed by atoms with Crippen LogP contribution >= 0.6 is 23.6 Å². The van der Waals surface area contributed by atoms with Crippen LogP contribution < -0.4 is 5.32 Å². The number of nitrogens with one attached hydrogen (secondary N) is 2. The molecule has 2 aromatic heterocycles. The van der Waals surface area contributed by atoms with E-state index in [2.05, 4.69) is 20.3 Å². The maximum Gasteiger partial charge on any atom is 0.274 e. The van der Waals surface area contributed by atoms with Gasteiger partial charge in [0, 0.05) is 22.1 Å². The Morgan fingerprint density at radius 2 is 2.28 bits per heavy atom. The first-order valence-corrected chi connectivity index (χ1v) is 8.34. The van der Waals surface area contributed by atoms with Crippen LogP contribution in [0.25, 0.3) is 5.57 Å². The standard InChI is InChI=1S/C15H11N5O3S2/c21-13(19-15-16-6-7-25-15)12-8-11(17-14(24)18-12)9-2-1-3-10(5-4-9)20(22)23/h1-8,10H,(H,16,19,21)(H,17,18,24)/t10-/m0/s1. The fourth-order valence-corrected chi connectivity index (χ4v) is 2.82. The molecule has 0 fully saturated rings. The number of anilines is 1. The molecule has 0 aromatic carbocycles. The zero-order valence-corrected chi connectivity index (χ0v) is 14.2. The Balaban J connectivity index is 1.89. The molecule has 0 unspecified atom stereocenters. The van der Waals surface area contributed by atoms with Crippen molar-refractivity contribution in [2.45, 2.75) is 6.04 Å². The molecule has 2 heterocycles. The number of carbonyl (C=O) groups excluding carboxylic acids is 1. The molecule has 126 valence electrons. The monoisotopic (exact) mass is 373 g/mol. The van der Waals surface area contributed by atoms with Crippen LogP contribution in [0.3, 0.4) is 0 Å². The van der Waals surface area contributed by atoms with E-state index in [9.17, 15) is 14.9 Å². The summed E-state index contributed by atoms with van der Waals surface area (Å²) in [6, 6.07) is 0.634. The summed E-state index contributed by atoms with van der Waals surface area (Å²) in [5.74, 6) is -0.401. The summed E-state index contributed by atoms with van der Waals surface area (Å²) < 4.78 is 0.134. The van der Waals surface area contributed by atoms with Crippen molar-refractivity contribution in [2.75, 3.05) is 5.32 Å². The number of aromatic nitrogens is 3. The van der Waals surface area contributed by atoms with Gasteiger partial charge in [0.2, 0.25) is 6.04 Å². The predicted octanol–water partition coefficient (Wildman–Crippen LogP) is 3.00. The summed E-state index contributed by atoms with van der Waals surface area (Å²) in [5.41, 5.74) is 1.28. The summed E-state index contributed by atoms with van der Waals surface area (Å²) in [7, 11) is 0. The van der Waals surface area contributed by atoms with Gasteiger partial charge < -0.3 is 4.98 Å². The van der Waals surface area contributed by atoms with Crippen LogP contribution in [0.2, 0.25) is 0 Å². The molecule has 0 saturated carbocycles. The Hall–Kier alpha value is -2.98. The molecule has 2 N–H and O–H groups in total. The minimum Gasteiger partial charge on any atom is -0.326 e. The molecule has 1 atom stereocenters. The first-order valence-electron chi connectivity index (χ1n) is 7.06. The van der Waals surface area contributed by atoms with Gasteiger partial charge >= 0.3 is 0 Å². The van der Waals surface area contributed by atoms with Crippen LogP contribution in [0.5, 0.6) is 0 Å². The molecule has 0 aliphatic heterocycles. The van der Waals surface area contributed by atoms with Crippen LogP contribution in [-0.2, 0) is 0 Å². The summed E-state index contributed by atoms with van der Waals surface area (Å²) in [5, 5.41) is 15.7. The molecule has 1 aliphatic carbocycles. The average Bonchev–Trinajstić information content (AvgIpc) is 2.95. The normalized spacial score (nSPS) is 16.2. The third kappa shape index (κ3) is 4.11. The number of carbonyl (C=O) groups is 1. The van der Waals surface area contributed by atoms with Gasteiger partial charge in [0.15, 0.2) is 9.90 Å². The number of nitrogens with zero attached hydrogens (tertiary/aromatic N) is 3. The maximum atomic E-state index is 12.3. The molecule has 3 rings (SSSR count). The average molecular weight is 373 g/mol. The van der Waals surface area contributed by atoms with E-state index in [-0.39, 0.29) is 10.5 Å². The minimum atomic E-state index is -0.903. The fraction of sp³-hybridized carbons (Fsp3) is 0.0667. The number of thiazole rings is 1. The highest BCUT2D eigenvalue weighted by Gasteiger charge is 2.15. The zero-order chi connectivity index (χ0) is 17.8. The van der Waals surface area contributed by atoms with Crippen LogP contribution in [0.1, 0.15) is 16.2 Å². The van der Waals surface area contributed by atoms with Crippen LogP contribution in [-0.4, -0.2) is 31.8 Å². The Bertz CT molecular complexity index is 960. The smallest absolute Gasteiger partial charge is 0.274 e. The molecule has 8 nitrogen and oxygen atoms in total. The lowest BCUT2D eigenvalue weighted by molar-refractivity contribution is -0.496. The molecule has 0 radical (unpaired) electrons. The quantitative estimate of drug-likeness (QED) is 0.484. The molecule has 1 aliphatic rings. The Morgan fingerprint density at radius 1 is 1.44 bits per heavy atom. The predicted molar refractivity (Wildman–Crippen MR) is 96.5 cm³/mol. The number of hydrogen-bond donors (Lipinski definition) is 2. The highest BCUT2D eigenvalue weighted by Crippen LogP contribution is 2.19. The molecular weight excluding hydrogens is 362 g/mol. The van der Waals surface area contributed by atoms with E-state index in [0.717, 1.165) is 0 Å². The molecule has 0 spiro atoms. The lowest BCUT2D eigenvalue weighted by Crippen LogP contribution is -2.14. The number of allylic oxidation sites excluding steroid dienone is 4. The van der Waals surface area contributed by atoms with E-state index in [1.165, 1.54) is 29.6 Å². The molecule has 1 amide bonds. The molecule has 0 bridgehead atoms. The summed E-state index contributed by atoms with van der Waals surface area (Å²) >= 11 is 6.38. The van der Waals surface area contributed by atoms with Crippen molar-refractivity contribution in [3.63, 3.8) is 0 Å². The van der Waals surface area contributed by atoms with Crippen LogP contribution in [0, 0.1) is 14.9 Å². The molecular formula is C15H11N5O3S2. The van der Waals surface area contributed by atoms with Gasteiger partial charge in [-0.2, -0.15) is 0 Å². The second-order valence-corrected chi connectivity index (χ2v) is 6.20. The van der Waals surface area contributed by atoms with Crippen LogP contribution in [0.4, 0.5) is 5.13 Å². The Kier molecular flexibility index (Phi) is 4.91.